The van der Waals surface area contributed by atoms with E-state index < -0.39 is 0 Å². The van der Waals surface area contributed by atoms with Crippen LogP contribution in [0.25, 0.3) is 0 Å². The molecule has 0 aliphatic heterocycles. The molecule has 0 aliphatic rings. The van der Waals surface area contributed by atoms with Crippen molar-refractivity contribution in [3.05, 3.63) is 16.4 Å². The number of halogens is 2. The average Bonchev–Trinajstić information content (AvgIpc) is 2.31. The summed E-state index contributed by atoms with van der Waals surface area (Å²) >= 11 is 11.8. The van der Waals surface area contributed by atoms with Gasteiger partial charge in [-0.2, -0.15) is 0 Å². The van der Waals surface area contributed by atoms with Crippen molar-refractivity contribution >= 4 is 34.8 Å². The molecule has 1 heterocycles. The second-order valence-electron chi connectivity index (χ2n) is 4.05. The Bertz CT molecular complexity index is 426. The molecule has 0 spiro atoms. The minimum absolute atomic E-state index is 0.00699. The normalized spacial score (nSPS) is 10.3. The van der Waals surface area contributed by atoms with Gasteiger partial charge in [0.15, 0.2) is 10.3 Å². The van der Waals surface area contributed by atoms with E-state index in [2.05, 4.69) is 10.2 Å². The summed E-state index contributed by atoms with van der Waals surface area (Å²) in [5.74, 6) is -0.00699. The van der Waals surface area contributed by atoms with Crippen LogP contribution in [0.2, 0.25) is 10.3 Å². The molecule has 0 radical (unpaired) electrons. The van der Waals surface area contributed by atoms with Gasteiger partial charge in [-0.05, 0) is 6.42 Å². The van der Waals surface area contributed by atoms with Crippen molar-refractivity contribution < 1.29 is 4.79 Å². The summed E-state index contributed by atoms with van der Waals surface area (Å²) in [6.07, 6.45) is 0.886. The Labute approximate surface area is 117 Å². The Balaban J connectivity index is 2.96. The highest BCUT2D eigenvalue weighted by Crippen LogP contribution is 2.25. The Kier molecular flexibility index (Phi) is 5.62. The zero-order chi connectivity index (χ0) is 13.7. The van der Waals surface area contributed by atoms with Crippen molar-refractivity contribution in [2.24, 2.45) is 0 Å². The first-order valence-electron chi connectivity index (χ1n) is 5.59. The van der Waals surface area contributed by atoms with Crippen molar-refractivity contribution in [1.82, 2.24) is 15.1 Å². The molecule has 0 N–H and O–H groups in total. The zero-order valence-electron chi connectivity index (χ0n) is 10.7. The maximum absolute atomic E-state index is 11.8. The monoisotopic (exact) mass is 290 g/mol. The molecule has 0 bridgehead atoms. The van der Waals surface area contributed by atoms with E-state index in [0.29, 0.717) is 12.2 Å². The van der Waals surface area contributed by atoms with Crippen LogP contribution in [0.5, 0.6) is 0 Å². The first-order chi connectivity index (χ1) is 8.45. The van der Waals surface area contributed by atoms with Crippen LogP contribution in [0.4, 0.5) is 5.69 Å². The van der Waals surface area contributed by atoms with E-state index in [9.17, 15) is 4.79 Å². The molecular formula is C11H16Cl2N4O. The first kappa shape index (κ1) is 15.0. The van der Waals surface area contributed by atoms with E-state index in [1.165, 1.54) is 4.90 Å². The topological polar surface area (TPSA) is 49.3 Å². The fourth-order valence-corrected chi connectivity index (χ4v) is 1.78. The Hall–Kier alpha value is -1.07. The number of rotatable bonds is 5. The lowest BCUT2D eigenvalue weighted by Gasteiger charge is -2.25. The third-order valence-electron chi connectivity index (χ3n) is 2.36. The van der Waals surface area contributed by atoms with Crippen molar-refractivity contribution in [2.45, 2.75) is 13.3 Å². The van der Waals surface area contributed by atoms with Crippen LogP contribution in [0.1, 0.15) is 13.3 Å². The zero-order valence-corrected chi connectivity index (χ0v) is 12.2. The van der Waals surface area contributed by atoms with E-state index >= 15 is 0 Å². The summed E-state index contributed by atoms with van der Waals surface area (Å²) in [5.41, 5.74) is 0.633. The lowest BCUT2D eigenvalue weighted by atomic mass is 10.3. The molecule has 0 unspecified atom stereocenters. The maximum Gasteiger partial charge on any atom is 0.241 e. The maximum atomic E-state index is 11.8. The van der Waals surface area contributed by atoms with Crippen LogP contribution in [-0.2, 0) is 4.79 Å². The van der Waals surface area contributed by atoms with Crippen LogP contribution in [0, 0.1) is 0 Å². The fraction of sp³-hybridized carbons (Fsp3) is 0.545. The van der Waals surface area contributed by atoms with Gasteiger partial charge in [-0.1, -0.05) is 30.1 Å². The number of anilines is 1. The number of amides is 1. The minimum Gasteiger partial charge on any atom is -0.360 e. The first-order valence-corrected chi connectivity index (χ1v) is 6.35. The van der Waals surface area contributed by atoms with E-state index in [-0.39, 0.29) is 22.8 Å². The van der Waals surface area contributed by atoms with Gasteiger partial charge in [-0.25, -0.2) is 0 Å². The van der Waals surface area contributed by atoms with Crippen LogP contribution < -0.4 is 4.90 Å². The Morgan fingerprint density at radius 1 is 1.33 bits per heavy atom. The molecule has 0 atom stereocenters. The second kappa shape index (κ2) is 6.75. The SMILES string of the molecule is CCCN(CC(=O)N(C)C)c1cc(Cl)nnc1Cl. The number of hydrogen-bond donors (Lipinski definition) is 0. The van der Waals surface area contributed by atoms with Crippen LogP contribution >= 0.6 is 23.2 Å². The highest BCUT2D eigenvalue weighted by Gasteiger charge is 2.16. The average molecular weight is 291 g/mol. The lowest BCUT2D eigenvalue weighted by molar-refractivity contribution is -0.127. The van der Waals surface area contributed by atoms with Gasteiger partial charge < -0.3 is 9.80 Å². The van der Waals surface area contributed by atoms with Gasteiger partial charge in [0.1, 0.15) is 0 Å². The second-order valence-corrected chi connectivity index (χ2v) is 4.80. The highest BCUT2D eigenvalue weighted by atomic mass is 35.5. The van der Waals surface area contributed by atoms with Gasteiger partial charge in [-0.3, -0.25) is 4.79 Å². The molecule has 7 heteroatoms. The fourth-order valence-electron chi connectivity index (χ4n) is 1.43. The Morgan fingerprint density at radius 3 is 2.56 bits per heavy atom. The molecule has 1 aromatic heterocycles. The lowest BCUT2D eigenvalue weighted by Crippen LogP contribution is -2.37. The summed E-state index contributed by atoms with van der Waals surface area (Å²) in [5, 5.41) is 7.92. The van der Waals surface area contributed by atoms with E-state index in [1.54, 1.807) is 20.2 Å². The van der Waals surface area contributed by atoms with Gasteiger partial charge in [0.05, 0.1) is 12.2 Å². The van der Waals surface area contributed by atoms with Gasteiger partial charge >= 0.3 is 0 Å². The summed E-state index contributed by atoms with van der Waals surface area (Å²) in [4.78, 5) is 15.2. The van der Waals surface area contributed by atoms with E-state index in [0.717, 1.165) is 6.42 Å². The number of carbonyl (C=O) groups excluding carboxylic acids is 1. The van der Waals surface area contributed by atoms with Gasteiger partial charge in [0.2, 0.25) is 5.91 Å². The number of nitrogens with zero attached hydrogens (tertiary/aromatic N) is 4. The molecule has 1 amide bonds. The quantitative estimate of drug-likeness (QED) is 0.833. The predicted molar refractivity (Wildman–Crippen MR) is 73.3 cm³/mol. The van der Waals surface area contributed by atoms with Gasteiger partial charge in [-0.15, -0.1) is 10.2 Å². The minimum atomic E-state index is -0.00699. The molecule has 0 aliphatic carbocycles. The van der Waals surface area contributed by atoms with Crippen LogP contribution in [0.15, 0.2) is 6.07 Å². The molecule has 0 aromatic carbocycles. The third kappa shape index (κ3) is 3.99. The predicted octanol–water partition coefficient (Wildman–Crippen LogP) is 2.09. The number of hydrogen-bond acceptors (Lipinski definition) is 4. The summed E-state index contributed by atoms with van der Waals surface area (Å²) < 4.78 is 0. The van der Waals surface area contributed by atoms with Crippen molar-refractivity contribution in [2.75, 3.05) is 32.1 Å². The number of carbonyl (C=O) groups is 1. The molecule has 0 saturated carbocycles. The molecule has 1 rings (SSSR count). The molecular weight excluding hydrogens is 275 g/mol. The molecule has 18 heavy (non-hydrogen) atoms. The van der Waals surface area contributed by atoms with E-state index in [1.807, 2.05) is 11.8 Å². The summed E-state index contributed by atoms with van der Waals surface area (Å²) in [6.45, 7) is 2.96. The van der Waals surface area contributed by atoms with Crippen LogP contribution in [0.3, 0.4) is 0 Å². The van der Waals surface area contributed by atoms with Crippen molar-refractivity contribution in [3.63, 3.8) is 0 Å². The number of likely N-dealkylation sites (N-methyl/N-ethyl adjacent to an activating group) is 1. The Morgan fingerprint density at radius 2 is 2.00 bits per heavy atom. The molecule has 0 fully saturated rings. The largest absolute Gasteiger partial charge is 0.360 e. The van der Waals surface area contributed by atoms with Gasteiger partial charge in [0.25, 0.3) is 0 Å². The molecule has 0 saturated heterocycles. The van der Waals surface area contributed by atoms with Crippen molar-refractivity contribution in [1.29, 1.82) is 0 Å². The van der Waals surface area contributed by atoms with Crippen molar-refractivity contribution in [3.8, 4) is 0 Å². The highest BCUT2D eigenvalue weighted by molar-refractivity contribution is 6.33. The molecule has 100 valence electrons. The molecule has 1 aromatic rings. The standard InChI is InChI=1S/C11H16Cl2N4O/c1-4-5-17(7-10(18)16(2)3)8-6-9(12)14-15-11(8)13/h6H,4-5,7H2,1-3H3. The smallest absolute Gasteiger partial charge is 0.241 e. The summed E-state index contributed by atoms with van der Waals surface area (Å²) in [6, 6.07) is 1.62. The summed E-state index contributed by atoms with van der Waals surface area (Å²) in [7, 11) is 3.43. The van der Waals surface area contributed by atoms with Crippen LogP contribution in [-0.4, -0.2) is 48.2 Å². The number of aromatic nitrogens is 2. The van der Waals surface area contributed by atoms with Gasteiger partial charge in [0, 0.05) is 26.7 Å². The molecule has 5 nitrogen and oxygen atoms in total. The van der Waals surface area contributed by atoms with E-state index in [4.69, 9.17) is 23.2 Å². The third-order valence-corrected chi connectivity index (χ3v) is 2.81.